The van der Waals surface area contributed by atoms with E-state index in [4.69, 9.17) is 5.11 Å². The number of carbonyl (C=O) groups is 2. The molecule has 0 fully saturated rings. The van der Waals surface area contributed by atoms with E-state index in [2.05, 4.69) is 10.3 Å². The molecule has 0 aliphatic rings. The molecule has 1 heterocycles. The molecule has 1 amide bonds. The van der Waals surface area contributed by atoms with E-state index >= 15 is 0 Å². The summed E-state index contributed by atoms with van der Waals surface area (Å²) in [4.78, 5) is 24.3. The van der Waals surface area contributed by atoms with Gasteiger partial charge in [-0.25, -0.2) is 4.68 Å². The van der Waals surface area contributed by atoms with Crippen LogP contribution in [-0.4, -0.2) is 49.0 Å². The molecular formula is C11H18N4O3. The van der Waals surface area contributed by atoms with Crippen molar-refractivity contribution in [2.24, 2.45) is 0 Å². The first kappa shape index (κ1) is 14.1. The molecule has 0 radical (unpaired) electrons. The van der Waals surface area contributed by atoms with Gasteiger partial charge in [0.2, 0.25) is 5.91 Å². The molecule has 7 heteroatoms. The molecule has 0 saturated heterocycles. The Morgan fingerprint density at radius 1 is 1.39 bits per heavy atom. The first-order valence-corrected chi connectivity index (χ1v) is 5.67. The van der Waals surface area contributed by atoms with Gasteiger partial charge in [0.05, 0.1) is 12.6 Å². The number of aliphatic carboxylic acids is 1. The van der Waals surface area contributed by atoms with Gasteiger partial charge in [-0.05, 0) is 20.8 Å². The minimum Gasteiger partial charge on any atom is -0.481 e. The first-order chi connectivity index (χ1) is 8.30. The molecule has 1 aromatic heterocycles. The van der Waals surface area contributed by atoms with Gasteiger partial charge in [0, 0.05) is 18.3 Å². The molecule has 0 aromatic carbocycles. The number of nitrogens with zero attached hydrogens (tertiary/aromatic N) is 4. The second-order valence-electron chi connectivity index (χ2n) is 4.96. The third kappa shape index (κ3) is 4.15. The topological polar surface area (TPSA) is 88.3 Å². The molecule has 1 N–H and O–H groups in total. The zero-order valence-electron chi connectivity index (χ0n) is 10.8. The lowest BCUT2D eigenvalue weighted by Crippen LogP contribution is -2.48. The molecule has 0 aliphatic carbocycles. The number of amides is 1. The van der Waals surface area contributed by atoms with Gasteiger partial charge in [0.1, 0.15) is 6.54 Å². The van der Waals surface area contributed by atoms with Gasteiger partial charge in [-0.1, -0.05) is 5.21 Å². The number of hydrogen-bond acceptors (Lipinski definition) is 4. The summed E-state index contributed by atoms with van der Waals surface area (Å²) in [7, 11) is 0. The number of aromatic nitrogens is 3. The predicted octanol–water partition coefficient (Wildman–Crippen LogP) is 0.380. The van der Waals surface area contributed by atoms with Crippen molar-refractivity contribution in [3.8, 4) is 0 Å². The fourth-order valence-corrected chi connectivity index (χ4v) is 1.58. The van der Waals surface area contributed by atoms with Crippen LogP contribution < -0.4 is 0 Å². The summed E-state index contributed by atoms with van der Waals surface area (Å²) >= 11 is 0. The van der Waals surface area contributed by atoms with E-state index in [1.807, 2.05) is 20.8 Å². The summed E-state index contributed by atoms with van der Waals surface area (Å²) in [6.45, 7) is 5.86. The molecule has 0 spiro atoms. The van der Waals surface area contributed by atoms with Crippen LogP contribution in [0.4, 0.5) is 0 Å². The van der Waals surface area contributed by atoms with Gasteiger partial charge >= 0.3 is 5.97 Å². The molecule has 0 saturated carbocycles. The Morgan fingerprint density at radius 2 is 2.06 bits per heavy atom. The van der Waals surface area contributed by atoms with E-state index in [1.54, 1.807) is 11.1 Å². The number of carboxylic acids is 1. The first-order valence-electron chi connectivity index (χ1n) is 5.67. The van der Waals surface area contributed by atoms with Crippen molar-refractivity contribution < 1.29 is 14.7 Å². The highest BCUT2D eigenvalue weighted by atomic mass is 16.4. The monoisotopic (exact) mass is 254 g/mol. The van der Waals surface area contributed by atoms with E-state index in [-0.39, 0.29) is 25.4 Å². The molecule has 0 bridgehead atoms. The normalized spacial score (nSPS) is 11.3. The maximum atomic E-state index is 12.1. The maximum absolute atomic E-state index is 12.1. The Kier molecular flexibility index (Phi) is 4.41. The highest BCUT2D eigenvalue weighted by molar-refractivity contribution is 5.77. The van der Waals surface area contributed by atoms with Crippen LogP contribution in [0.2, 0.25) is 0 Å². The lowest BCUT2D eigenvalue weighted by atomic mass is 10.1. The van der Waals surface area contributed by atoms with E-state index in [0.717, 1.165) is 0 Å². The van der Waals surface area contributed by atoms with Crippen LogP contribution in [0.1, 0.15) is 27.2 Å². The third-order valence-corrected chi connectivity index (χ3v) is 2.43. The average molecular weight is 254 g/mol. The SMILES string of the molecule is CC(C)(C)N(CCC(=O)O)C(=O)Cn1ccnn1. The number of carboxylic acid groups (broad SMARTS) is 1. The fraction of sp³-hybridized carbons (Fsp3) is 0.636. The molecular weight excluding hydrogens is 236 g/mol. The standard InChI is InChI=1S/C11H18N4O3/c1-11(2,3)15(6-4-10(17)18)9(16)8-14-7-5-12-13-14/h5,7H,4,6,8H2,1-3H3,(H,17,18). The summed E-state index contributed by atoms with van der Waals surface area (Å²) in [5.41, 5.74) is -0.423. The summed E-state index contributed by atoms with van der Waals surface area (Å²) in [5.74, 6) is -1.09. The third-order valence-electron chi connectivity index (χ3n) is 2.43. The van der Waals surface area contributed by atoms with Crippen LogP contribution in [-0.2, 0) is 16.1 Å². The van der Waals surface area contributed by atoms with E-state index < -0.39 is 11.5 Å². The van der Waals surface area contributed by atoms with Crippen molar-refractivity contribution in [2.45, 2.75) is 39.3 Å². The Labute approximate surface area is 105 Å². The second-order valence-corrected chi connectivity index (χ2v) is 4.96. The van der Waals surface area contributed by atoms with Gasteiger partial charge in [-0.3, -0.25) is 9.59 Å². The highest BCUT2D eigenvalue weighted by Gasteiger charge is 2.26. The molecule has 0 aliphatic heterocycles. The summed E-state index contributed by atoms with van der Waals surface area (Å²) < 4.78 is 1.42. The number of hydrogen-bond donors (Lipinski definition) is 1. The van der Waals surface area contributed by atoms with Crippen molar-refractivity contribution in [1.29, 1.82) is 0 Å². The van der Waals surface area contributed by atoms with Crippen LogP contribution in [0.15, 0.2) is 12.4 Å². The Bertz CT molecular complexity index is 408. The van der Waals surface area contributed by atoms with Crippen molar-refractivity contribution >= 4 is 11.9 Å². The zero-order chi connectivity index (χ0) is 13.8. The predicted molar refractivity (Wildman–Crippen MR) is 63.7 cm³/mol. The van der Waals surface area contributed by atoms with Gasteiger partial charge in [0.15, 0.2) is 0 Å². The van der Waals surface area contributed by atoms with E-state index in [1.165, 1.54) is 10.9 Å². The number of rotatable bonds is 5. The van der Waals surface area contributed by atoms with Crippen LogP contribution >= 0.6 is 0 Å². The molecule has 1 aromatic rings. The summed E-state index contributed by atoms with van der Waals surface area (Å²) in [6, 6.07) is 0. The maximum Gasteiger partial charge on any atom is 0.305 e. The van der Waals surface area contributed by atoms with Crippen molar-refractivity contribution in [3.05, 3.63) is 12.4 Å². The van der Waals surface area contributed by atoms with Crippen molar-refractivity contribution in [2.75, 3.05) is 6.54 Å². The van der Waals surface area contributed by atoms with Crippen molar-refractivity contribution in [3.63, 3.8) is 0 Å². The molecule has 0 atom stereocenters. The number of carbonyl (C=O) groups excluding carboxylic acids is 1. The Morgan fingerprint density at radius 3 is 2.50 bits per heavy atom. The molecule has 7 nitrogen and oxygen atoms in total. The Balaban J connectivity index is 2.70. The van der Waals surface area contributed by atoms with Crippen LogP contribution in [0.5, 0.6) is 0 Å². The lowest BCUT2D eigenvalue weighted by molar-refractivity contribution is -0.141. The van der Waals surface area contributed by atoms with Gasteiger partial charge in [0.25, 0.3) is 0 Å². The van der Waals surface area contributed by atoms with Crippen LogP contribution in [0.25, 0.3) is 0 Å². The average Bonchev–Trinajstić information content (AvgIpc) is 2.67. The van der Waals surface area contributed by atoms with Gasteiger partial charge in [-0.15, -0.1) is 5.10 Å². The van der Waals surface area contributed by atoms with E-state index in [0.29, 0.717) is 0 Å². The molecule has 18 heavy (non-hydrogen) atoms. The smallest absolute Gasteiger partial charge is 0.305 e. The molecule has 1 rings (SSSR count). The molecule has 100 valence electrons. The van der Waals surface area contributed by atoms with Crippen molar-refractivity contribution in [1.82, 2.24) is 19.9 Å². The van der Waals surface area contributed by atoms with Gasteiger partial charge < -0.3 is 10.0 Å². The minimum absolute atomic E-state index is 0.0664. The fourth-order valence-electron chi connectivity index (χ4n) is 1.58. The largest absolute Gasteiger partial charge is 0.481 e. The van der Waals surface area contributed by atoms with Gasteiger partial charge in [-0.2, -0.15) is 0 Å². The van der Waals surface area contributed by atoms with E-state index in [9.17, 15) is 9.59 Å². The second kappa shape index (κ2) is 5.61. The summed E-state index contributed by atoms with van der Waals surface area (Å²) in [6.07, 6.45) is 3.02. The quantitative estimate of drug-likeness (QED) is 0.820. The lowest BCUT2D eigenvalue weighted by Gasteiger charge is -2.35. The van der Waals surface area contributed by atoms with Crippen LogP contribution in [0, 0.1) is 0 Å². The zero-order valence-corrected chi connectivity index (χ0v) is 10.8. The Hall–Kier alpha value is -1.92. The summed E-state index contributed by atoms with van der Waals surface area (Å²) in [5, 5.41) is 16.0. The van der Waals surface area contributed by atoms with Crippen LogP contribution in [0.3, 0.4) is 0 Å². The molecule has 0 unspecified atom stereocenters. The highest BCUT2D eigenvalue weighted by Crippen LogP contribution is 2.14. The minimum atomic E-state index is -0.919.